The highest BCUT2D eigenvalue weighted by atomic mass is 16.3. The molecule has 1 atom stereocenters. The second kappa shape index (κ2) is 6.18. The summed E-state index contributed by atoms with van der Waals surface area (Å²) in [4.78, 5) is 21.6. The van der Waals surface area contributed by atoms with E-state index in [9.17, 15) is 19.9 Å². The number of amides is 1. The molecule has 0 heterocycles. The van der Waals surface area contributed by atoms with Crippen LogP contribution < -0.4 is 0 Å². The summed E-state index contributed by atoms with van der Waals surface area (Å²) in [5.74, 6) is -0.791. The number of carbonyl (C=O) groups excluding carboxylic acids is 1. The van der Waals surface area contributed by atoms with Gasteiger partial charge in [-0.25, -0.2) is 0 Å². The van der Waals surface area contributed by atoms with Crippen LogP contribution in [-0.2, 0) is 4.79 Å². The van der Waals surface area contributed by atoms with Crippen LogP contribution in [-0.4, -0.2) is 16.1 Å². The topological polar surface area (TPSA) is 87.0 Å². The fourth-order valence-corrected chi connectivity index (χ4v) is 2.07. The fraction of sp³-hybridized carbons (Fsp3) is 0.583. The van der Waals surface area contributed by atoms with E-state index in [0.717, 1.165) is 12.8 Å². The van der Waals surface area contributed by atoms with Gasteiger partial charge < -0.3 is 10.2 Å². The molecule has 0 aromatic carbocycles. The van der Waals surface area contributed by atoms with Crippen LogP contribution in [0.2, 0.25) is 0 Å². The van der Waals surface area contributed by atoms with Gasteiger partial charge in [0.15, 0.2) is 0 Å². The molecular weight excluding hydrogens is 222 g/mol. The van der Waals surface area contributed by atoms with Gasteiger partial charge in [0, 0.05) is 18.0 Å². The van der Waals surface area contributed by atoms with E-state index in [2.05, 4.69) is 5.18 Å². The summed E-state index contributed by atoms with van der Waals surface area (Å²) in [7, 11) is 0. The maximum atomic E-state index is 11.3. The van der Waals surface area contributed by atoms with Gasteiger partial charge in [-0.3, -0.25) is 4.79 Å². The van der Waals surface area contributed by atoms with Gasteiger partial charge in [0.1, 0.15) is 5.76 Å². The SMILES string of the molecule is CCCC1C/C(C(=O)N=O)=C(/O)C/C=C(/O)C1. The quantitative estimate of drug-likeness (QED) is 0.740. The van der Waals surface area contributed by atoms with E-state index in [-0.39, 0.29) is 29.4 Å². The van der Waals surface area contributed by atoms with E-state index >= 15 is 0 Å². The lowest BCUT2D eigenvalue weighted by molar-refractivity contribution is -0.115. The summed E-state index contributed by atoms with van der Waals surface area (Å²) < 4.78 is 0. The van der Waals surface area contributed by atoms with Crippen LogP contribution in [0.1, 0.15) is 39.0 Å². The predicted molar refractivity (Wildman–Crippen MR) is 63.4 cm³/mol. The number of aliphatic hydroxyl groups is 2. The molecule has 0 aliphatic heterocycles. The van der Waals surface area contributed by atoms with E-state index in [0.29, 0.717) is 12.8 Å². The molecule has 0 saturated heterocycles. The Bertz CT molecular complexity index is 371. The molecule has 94 valence electrons. The molecule has 0 fully saturated rings. The summed E-state index contributed by atoms with van der Waals surface area (Å²) in [6.45, 7) is 2.00. The molecule has 0 spiro atoms. The van der Waals surface area contributed by atoms with E-state index in [1.165, 1.54) is 6.08 Å². The summed E-state index contributed by atoms with van der Waals surface area (Å²) >= 11 is 0. The van der Waals surface area contributed by atoms with Crippen LogP contribution in [0.5, 0.6) is 0 Å². The number of allylic oxidation sites excluding steroid dienone is 2. The van der Waals surface area contributed by atoms with Gasteiger partial charge in [-0.1, -0.05) is 13.3 Å². The molecule has 0 saturated carbocycles. The molecule has 1 aliphatic rings. The number of carbonyl (C=O) groups is 1. The molecule has 5 heteroatoms. The van der Waals surface area contributed by atoms with E-state index in [1.54, 1.807) is 0 Å². The first-order valence-electron chi connectivity index (χ1n) is 5.75. The lowest BCUT2D eigenvalue weighted by Gasteiger charge is -2.19. The second-order valence-electron chi connectivity index (χ2n) is 4.28. The van der Waals surface area contributed by atoms with Gasteiger partial charge in [-0.2, -0.15) is 0 Å². The van der Waals surface area contributed by atoms with Crippen molar-refractivity contribution >= 4 is 5.91 Å². The lowest BCUT2D eigenvalue weighted by Crippen LogP contribution is -2.12. The Morgan fingerprint density at radius 2 is 2.18 bits per heavy atom. The van der Waals surface area contributed by atoms with Crippen LogP contribution in [0.4, 0.5) is 0 Å². The van der Waals surface area contributed by atoms with Crippen molar-refractivity contribution in [2.24, 2.45) is 11.1 Å². The van der Waals surface area contributed by atoms with E-state index in [1.807, 2.05) is 6.92 Å². The largest absolute Gasteiger partial charge is 0.513 e. The second-order valence-corrected chi connectivity index (χ2v) is 4.28. The molecule has 0 radical (unpaired) electrons. The average molecular weight is 239 g/mol. The van der Waals surface area contributed by atoms with Gasteiger partial charge in [0.25, 0.3) is 0 Å². The molecule has 2 N–H and O–H groups in total. The third kappa shape index (κ3) is 3.69. The number of hydrogen-bond donors (Lipinski definition) is 2. The molecule has 0 aromatic rings. The molecule has 1 aliphatic carbocycles. The van der Waals surface area contributed by atoms with Gasteiger partial charge >= 0.3 is 5.91 Å². The van der Waals surface area contributed by atoms with Gasteiger partial charge in [0.2, 0.25) is 0 Å². The minimum absolute atomic E-state index is 0.0550. The molecular formula is C12H17NO4. The highest BCUT2D eigenvalue weighted by Gasteiger charge is 2.23. The standard InChI is InChI=1S/C12H17NO4/c1-2-3-8-6-9(14)4-5-11(15)10(7-8)12(16)13-17/h4,8,14-15H,2-3,5-7H2,1H3/b9-4+,11-10-. The Kier molecular flexibility index (Phi) is 4.87. The highest BCUT2D eigenvalue weighted by molar-refractivity contribution is 5.94. The summed E-state index contributed by atoms with van der Waals surface area (Å²) in [6.07, 6.45) is 4.03. The molecule has 17 heavy (non-hydrogen) atoms. The lowest BCUT2D eigenvalue weighted by atomic mass is 9.88. The highest BCUT2D eigenvalue weighted by Crippen LogP contribution is 2.29. The Morgan fingerprint density at radius 1 is 1.47 bits per heavy atom. The van der Waals surface area contributed by atoms with E-state index in [4.69, 9.17) is 0 Å². The summed E-state index contributed by atoms with van der Waals surface area (Å²) in [6, 6.07) is 0. The van der Waals surface area contributed by atoms with Crippen LogP contribution in [0.3, 0.4) is 0 Å². The van der Waals surface area contributed by atoms with Gasteiger partial charge in [0.05, 0.1) is 11.3 Å². The number of nitrogens with zero attached hydrogens (tertiary/aromatic N) is 1. The van der Waals surface area contributed by atoms with Crippen molar-refractivity contribution in [1.29, 1.82) is 0 Å². The third-order valence-electron chi connectivity index (χ3n) is 2.91. The summed E-state index contributed by atoms with van der Waals surface area (Å²) in [5, 5.41) is 21.6. The normalized spacial score (nSPS) is 28.8. The molecule has 1 rings (SSSR count). The van der Waals surface area contributed by atoms with Crippen molar-refractivity contribution in [1.82, 2.24) is 0 Å². The molecule has 1 unspecified atom stereocenters. The first kappa shape index (κ1) is 13.4. The van der Waals surface area contributed by atoms with Crippen LogP contribution >= 0.6 is 0 Å². The van der Waals surface area contributed by atoms with Crippen molar-refractivity contribution in [3.8, 4) is 0 Å². The molecule has 0 aromatic heterocycles. The summed E-state index contributed by atoms with van der Waals surface area (Å²) in [5.41, 5.74) is 0.0854. The molecule has 1 amide bonds. The first-order chi connectivity index (χ1) is 8.08. The minimum atomic E-state index is -0.904. The Morgan fingerprint density at radius 3 is 2.76 bits per heavy atom. The smallest absolute Gasteiger partial charge is 0.316 e. The van der Waals surface area contributed by atoms with Crippen LogP contribution in [0, 0.1) is 10.8 Å². The number of aliphatic hydroxyl groups excluding tert-OH is 2. The Balaban J connectivity index is 2.98. The zero-order chi connectivity index (χ0) is 12.8. The van der Waals surface area contributed by atoms with Crippen molar-refractivity contribution in [2.45, 2.75) is 39.0 Å². The number of rotatable bonds is 3. The first-order valence-corrected chi connectivity index (χ1v) is 5.75. The molecule has 5 nitrogen and oxygen atoms in total. The van der Waals surface area contributed by atoms with Crippen LogP contribution in [0.15, 0.2) is 28.3 Å². The van der Waals surface area contributed by atoms with Gasteiger partial charge in [-0.05, 0) is 24.8 Å². The number of hydrogen-bond acceptors (Lipinski definition) is 4. The molecule has 0 bridgehead atoms. The minimum Gasteiger partial charge on any atom is -0.513 e. The maximum Gasteiger partial charge on any atom is 0.316 e. The number of nitroso groups, excluding NO2 is 1. The van der Waals surface area contributed by atoms with Crippen molar-refractivity contribution in [3.63, 3.8) is 0 Å². The van der Waals surface area contributed by atoms with Crippen molar-refractivity contribution < 1.29 is 15.0 Å². The van der Waals surface area contributed by atoms with Crippen molar-refractivity contribution in [2.75, 3.05) is 0 Å². The van der Waals surface area contributed by atoms with E-state index < -0.39 is 5.91 Å². The average Bonchev–Trinajstić information content (AvgIpc) is 2.30. The predicted octanol–water partition coefficient (Wildman–Crippen LogP) is 3.13. The third-order valence-corrected chi connectivity index (χ3v) is 2.91. The Hall–Kier alpha value is -1.65. The zero-order valence-corrected chi connectivity index (χ0v) is 9.85. The monoisotopic (exact) mass is 239 g/mol. The zero-order valence-electron chi connectivity index (χ0n) is 9.85. The van der Waals surface area contributed by atoms with Crippen LogP contribution in [0.25, 0.3) is 0 Å². The Labute approximate surface area is 99.8 Å². The maximum absolute atomic E-state index is 11.3. The fourth-order valence-electron chi connectivity index (χ4n) is 2.07. The van der Waals surface area contributed by atoms with Crippen molar-refractivity contribution in [3.05, 3.63) is 28.1 Å². The van der Waals surface area contributed by atoms with Gasteiger partial charge in [-0.15, -0.1) is 4.91 Å².